The van der Waals surface area contributed by atoms with Gasteiger partial charge in [-0.25, -0.2) is 28.8 Å². The Balaban J connectivity index is 1.38. The fourth-order valence-corrected chi connectivity index (χ4v) is 3.64. The van der Waals surface area contributed by atoms with Gasteiger partial charge in [0.1, 0.15) is 29.9 Å². The van der Waals surface area contributed by atoms with Crippen LogP contribution in [-0.2, 0) is 5.54 Å². The summed E-state index contributed by atoms with van der Waals surface area (Å²) in [4.78, 5) is 24.9. The Bertz CT molecular complexity index is 1360. The topological polar surface area (TPSA) is 129 Å². The van der Waals surface area contributed by atoms with E-state index >= 15 is 0 Å². The third-order valence-electron chi connectivity index (χ3n) is 5.51. The second kappa shape index (κ2) is 7.54. The number of nitrogen functional groups attached to an aromatic ring is 1. The molecular formula is C22H24FN9O. The Hall–Kier alpha value is -4.02. The molecule has 11 heteroatoms. The number of fused-ring (bicyclic) bond motifs is 1. The summed E-state index contributed by atoms with van der Waals surface area (Å²) < 4.78 is 18.6. The van der Waals surface area contributed by atoms with E-state index in [2.05, 4.69) is 35.3 Å². The van der Waals surface area contributed by atoms with Crippen molar-refractivity contribution in [2.24, 2.45) is 0 Å². The van der Waals surface area contributed by atoms with Crippen LogP contribution in [0.25, 0.3) is 22.2 Å². The number of nitrogens with one attached hydrogen (secondary N) is 2. The predicted octanol–water partition coefficient (Wildman–Crippen LogP) is 4.15. The van der Waals surface area contributed by atoms with Gasteiger partial charge in [-0.05, 0) is 51.3 Å². The molecule has 4 aromatic rings. The number of anilines is 3. The minimum Gasteiger partial charge on any atom is -0.383 e. The van der Waals surface area contributed by atoms with E-state index in [0.717, 1.165) is 24.1 Å². The van der Waals surface area contributed by atoms with Crippen LogP contribution in [0.4, 0.5) is 26.6 Å². The summed E-state index contributed by atoms with van der Waals surface area (Å²) in [6, 6.07) is 4.33. The molecule has 4 N–H and O–H groups in total. The minimum atomic E-state index is -0.642. The minimum absolute atomic E-state index is 0.0293. The van der Waals surface area contributed by atoms with Crippen molar-refractivity contribution in [1.82, 2.24) is 29.3 Å². The molecule has 1 saturated carbocycles. The van der Waals surface area contributed by atoms with Gasteiger partial charge in [-0.2, -0.15) is 0 Å². The second-order valence-electron chi connectivity index (χ2n) is 9.10. The predicted molar refractivity (Wildman–Crippen MR) is 123 cm³/mol. The molecule has 1 aromatic carbocycles. The molecular weight excluding hydrogens is 425 g/mol. The van der Waals surface area contributed by atoms with E-state index in [4.69, 9.17) is 5.73 Å². The Labute approximate surface area is 189 Å². The maximum absolute atomic E-state index is 14.9. The first-order chi connectivity index (χ1) is 15.7. The zero-order valence-electron chi connectivity index (χ0n) is 18.5. The molecule has 0 unspecified atom stereocenters. The van der Waals surface area contributed by atoms with E-state index in [9.17, 15) is 9.18 Å². The third kappa shape index (κ3) is 3.97. The number of urea groups is 1. The lowest BCUT2D eigenvalue weighted by Gasteiger charge is -2.17. The van der Waals surface area contributed by atoms with Crippen LogP contribution in [-0.4, -0.2) is 35.3 Å². The molecule has 1 aliphatic carbocycles. The number of aromatic nitrogens is 6. The molecule has 1 aliphatic rings. The summed E-state index contributed by atoms with van der Waals surface area (Å²) in [5.74, 6) is -0.111. The molecule has 170 valence electrons. The number of amides is 2. The van der Waals surface area contributed by atoms with Gasteiger partial charge in [0.2, 0.25) is 5.95 Å². The SMILES string of the molecule is CC(C)(C)n1cnc(NC(=O)Nc2ccc(-c3cn(C4CC4)c4ncnc(N)c34)cc2F)n1. The number of nitrogens with two attached hydrogens (primary N) is 1. The van der Waals surface area contributed by atoms with Gasteiger partial charge in [0.05, 0.1) is 16.6 Å². The van der Waals surface area contributed by atoms with Gasteiger partial charge in [-0.3, -0.25) is 5.32 Å². The Kier molecular flexibility index (Phi) is 4.76. The van der Waals surface area contributed by atoms with E-state index < -0.39 is 11.8 Å². The van der Waals surface area contributed by atoms with E-state index in [0.29, 0.717) is 22.8 Å². The van der Waals surface area contributed by atoms with Crippen LogP contribution in [0.5, 0.6) is 0 Å². The maximum atomic E-state index is 14.9. The van der Waals surface area contributed by atoms with Crippen molar-refractivity contribution in [2.45, 2.75) is 45.2 Å². The van der Waals surface area contributed by atoms with Gasteiger partial charge in [0.25, 0.3) is 0 Å². The molecule has 0 radical (unpaired) electrons. The lowest BCUT2D eigenvalue weighted by atomic mass is 10.1. The second-order valence-corrected chi connectivity index (χ2v) is 9.10. The Morgan fingerprint density at radius 1 is 1.18 bits per heavy atom. The van der Waals surface area contributed by atoms with E-state index in [-0.39, 0.29) is 17.2 Å². The number of benzene rings is 1. The summed E-state index contributed by atoms with van der Waals surface area (Å²) in [6.45, 7) is 5.89. The molecule has 0 bridgehead atoms. The van der Waals surface area contributed by atoms with Crippen molar-refractivity contribution in [3.63, 3.8) is 0 Å². The first-order valence-electron chi connectivity index (χ1n) is 10.6. The van der Waals surface area contributed by atoms with Crippen LogP contribution in [0.3, 0.4) is 0 Å². The van der Waals surface area contributed by atoms with Crippen molar-refractivity contribution in [1.29, 1.82) is 0 Å². The average molecular weight is 449 g/mol. The van der Waals surface area contributed by atoms with Crippen molar-refractivity contribution >= 4 is 34.5 Å². The molecule has 5 rings (SSSR count). The van der Waals surface area contributed by atoms with Crippen molar-refractivity contribution in [2.75, 3.05) is 16.4 Å². The molecule has 0 spiro atoms. The fourth-order valence-electron chi connectivity index (χ4n) is 3.64. The largest absolute Gasteiger partial charge is 0.383 e. The van der Waals surface area contributed by atoms with E-state index in [1.54, 1.807) is 10.7 Å². The molecule has 0 saturated heterocycles. The lowest BCUT2D eigenvalue weighted by Crippen LogP contribution is -2.24. The zero-order valence-corrected chi connectivity index (χ0v) is 18.5. The van der Waals surface area contributed by atoms with Gasteiger partial charge >= 0.3 is 6.03 Å². The highest BCUT2D eigenvalue weighted by Gasteiger charge is 2.28. The van der Waals surface area contributed by atoms with Gasteiger partial charge in [0.15, 0.2) is 0 Å². The van der Waals surface area contributed by atoms with Crippen LogP contribution >= 0.6 is 0 Å². The highest BCUT2D eigenvalue weighted by Crippen LogP contribution is 2.42. The highest BCUT2D eigenvalue weighted by molar-refractivity contribution is 6.02. The molecule has 3 heterocycles. The molecule has 0 aliphatic heterocycles. The number of carbonyl (C=O) groups excluding carboxylic acids is 1. The standard InChI is InChI=1S/C22H24FN9O/c1-22(2,3)32-11-27-20(30-32)29-21(33)28-16-7-4-12(8-15(16)23)14-9-31(13-5-6-13)19-17(14)18(24)25-10-26-19/h4,7-11,13H,5-6H2,1-3H3,(H2,24,25,26)(H2,28,29,30,33). The number of rotatable bonds is 4. The van der Waals surface area contributed by atoms with Crippen LogP contribution < -0.4 is 16.4 Å². The number of hydrogen-bond donors (Lipinski definition) is 3. The van der Waals surface area contributed by atoms with Gasteiger partial charge < -0.3 is 15.6 Å². The first kappa shape index (κ1) is 20.9. The average Bonchev–Trinajstić information content (AvgIpc) is 3.34. The highest BCUT2D eigenvalue weighted by atomic mass is 19.1. The third-order valence-corrected chi connectivity index (χ3v) is 5.51. The summed E-state index contributed by atoms with van der Waals surface area (Å²) in [6.07, 6.45) is 7.05. The molecule has 1 fully saturated rings. The summed E-state index contributed by atoms with van der Waals surface area (Å²) in [7, 11) is 0. The van der Waals surface area contributed by atoms with Gasteiger partial charge in [-0.15, -0.1) is 5.10 Å². The summed E-state index contributed by atoms with van der Waals surface area (Å²) >= 11 is 0. The first-order valence-corrected chi connectivity index (χ1v) is 10.6. The number of nitrogens with zero attached hydrogens (tertiary/aromatic N) is 6. The molecule has 2 amide bonds. The monoisotopic (exact) mass is 449 g/mol. The summed E-state index contributed by atoms with van der Waals surface area (Å²) in [5.41, 5.74) is 7.99. The molecule has 10 nitrogen and oxygen atoms in total. The van der Waals surface area contributed by atoms with Crippen LogP contribution in [0.15, 0.2) is 37.1 Å². The maximum Gasteiger partial charge on any atom is 0.326 e. The van der Waals surface area contributed by atoms with Crippen molar-refractivity contribution in [3.8, 4) is 11.1 Å². The van der Waals surface area contributed by atoms with Gasteiger partial charge in [0, 0.05) is 17.8 Å². The van der Waals surface area contributed by atoms with Crippen molar-refractivity contribution in [3.05, 3.63) is 42.9 Å². The van der Waals surface area contributed by atoms with Crippen LogP contribution in [0.2, 0.25) is 0 Å². The fraction of sp³-hybridized carbons (Fsp3) is 0.318. The smallest absolute Gasteiger partial charge is 0.326 e. The quantitative estimate of drug-likeness (QED) is 0.429. The summed E-state index contributed by atoms with van der Waals surface area (Å²) in [5, 5.41) is 9.92. The Morgan fingerprint density at radius 3 is 2.64 bits per heavy atom. The van der Waals surface area contributed by atoms with Crippen LogP contribution in [0.1, 0.15) is 39.7 Å². The normalized spacial score (nSPS) is 13.9. The van der Waals surface area contributed by atoms with E-state index in [1.165, 1.54) is 24.8 Å². The van der Waals surface area contributed by atoms with E-state index in [1.807, 2.05) is 27.0 Å². The molecule has 33 heavy (non-hydrogen) atoms. The number of carbonyl (C=O) groups is 1. The number of halogens is 1. The molecule has 3 aromatic heterocycles. The Morgan fingerprint density at radius 2 is 1.97 bits per heavy atom. The van der Waals surface area contributed by atoms with Crippen molar-refractivity contribution < 1.29 is 9.18 Å². The number of hydrogen-bond acceptors (Lipinski definition) is 6. The van der Waals surface area contributed by atoms with Gasteiger partial charge in [-0.1, -0.05) is 6.07 Å². The lowest BCUT2D eigenvalue weighted by molar-refractivity contribution is 0.262. The molecule has 0 atom stereocenters. The van der Waals surface area contributed by atoms with Crippen LogP contribution in [0, 0.1) is 5.82 Å². The zero-order chi connectivity index (χ0) is 23.3.